The van der Waals surface area contributed by atoms with Gasteiger partial charge in [0, 0.05) is 18.9 Å². The fourth-order valence-electron chi connectivity index (χ4n) is 2.30. The van der Waals surface area contributed by atoms with Crippen LogP contribution in [0, 0.1) is 0 Å². The Morgan fingerprint density at radius 1 is 1.18 bits per heavy atom. The summed E-state index contributed by atoms with van der Waals surface area (Å²) < 4.78 is 0. The summed E-state index contributed by atoms with van der Waals surface area (Å²) in [5, 5.41) is 7.30. The molecule has 1 aliphatic rings. The molecule has 1 aromatic heterocycles. The quantitative estimate of drug-likeness (QED) is 0.872. The molecule has 0 amide bonds. The Morgan fingerprint density at radius 2 is 1.88 bits per heavy atom. The molecule has 0 spiro atoms. The number of H-pyrrole nitrogens is 1. The summed E-state index contributed by atoms with van der Waals surface area (Å²) >= 11 is 0. The zero-order valence-electron chi connectivity index (χ0n) is 11.1. The number of nitrogens with one attached hydrogen (secondary N) is 1. The summed E-state index contributed by atoms with van der Waals surface area (Å²) in [6.45, 7) is 7.88. The zero-order valence-corrected chi connectivity index (χ0v) is 11.1. The smallest absolute Gasteiger partial charge is 0.153 e. The van der Waals surface area contributed by atoms with Gasteiger partial charge in [0.05, 0.1) is 0 Å². The van der Waals surface area contributed by atoms with Gasteiger partial charge in [0.2, 0.25) is 0 Å². The van der Waals surface area contributed by atoms with Gasteiger partial charge >= 0.3 is 0 Å². The Hall–Kier alpha value is -0.900. The summed E-state index contributed by atoms with van der Waals surface area (Å²) in [6, 6.07) is 0. The van der Waals surface area contributed by atoms with Crippen LogP contribution in [-0.4, -0.2) is 39.7 Å². The van der Waals surface area contributed by atoms with Crippen molar-refractivity contribution in [2.75, 3.05) is 19.6 Å². The number of nitrogens with zero attached hydrogens (tertiary/aromatic N) is 3. The van der Waals surface area contributed by atoms with Crippen LogP contribution in [0.25, 0.3) is 0 Å². The Balaban J connectivity index is 1.79. The Morgan fingerprint density at radius 3 is 2.47 bits per heavy atom. The number of aromatic nitrogens is 3. The van der Waals surface area contributed by atoms with Crippen LogP contribution in [0.2, 0.25) is 0 Å². The van der Waals surface area contributed by atoms with Gasteiger partial charge < -0.3 is 4.90 Å². The maximum absolute atomic E-state index is 4.52. The average Bonchev–Trinajstić information content (AvgIpc) is 2.63. The molecule has 1 aromatic rings. The summed E-state index contributed by atoms with van der Waals surface area (Å²) in [5.41, 5.74) is 0. The van der Waals surface area contributed by atoms with E-state index in [0.29, 0.717) is 5.92 Å². The lowest BCUT2D eigenvalue weighted by molar-refractivity contribution is 0.287. The molecule has 1 N–H and O–H groups in total. The van der Waals surface area contributed by atoms with Gasteiger partial charge in [0.1, 0.15) is 5.82 Å². The third kappa shape index (κ3) is 3.80. The van der Waals surface area contributed by atoms with Crippen LogP contribution in [0.4, 0.5) is 0 Å². The monoisotopic (exact) mass is 236 g/mol. The van der Waals surface area contributed by atoms with E-state index in [1.165, 1.54) is 38.8 Å². The van der Waals surface area contributed by atoms with Crippen LogP contribution < -0.4 is 0 Å². The molecule has 2 heterocycles. The van der Waals surface area contributed by atoms with Crippen molar-refractivity contribution >= 4 is 0 Å². The molecule has 1 saturated heterocycles. The van der Waals surface area contributed by atoms with Crippen LogP contribution in [-0.2, 0) is 6.42 Å². The maximum Gasteiger partial charge on any atom is 0.153 e. The fraction of sp³-hybridized carbons (Fsp3) is 0.846. The average molecular weight is 236 g/mol. The molecule has 2 rings (SSSR count). The number of rotatable bonds is 4. The lowest BCUT2D eigenvalue weighted by Crippen LogP contribution is -2.27. The van der Waals surface area contributed by atoms with Crippen molar-refractivity contribution < 1.29 is 0 Å². The highest BCUT2D eigenvalue weighted by molar-refractivity contribution is 4.95. The molecule has 4 nitrogen and oxygen atoms in total. The molecule has 0 saturated carbocycles. The summed E-state index contributed by atoms with van der Waals surface area (Å²) in [7, 11) is 0. The molecular formula is C13H24N4. The summed E-state index contributed by atoms with van der Waals surface area (Å²) in [6.07, 6.45) is 6.51. The van der Waals surface area contributed by atoms with Crippen molar-refractivity contribution in [2.24, 2.45) is 0 Å². The first kappa shape index (κ1) is 12.6. The molecule has 1 aliphatic heterocycles. The third-order valence-electron chi connectivity index (χ3n) is 3.43. The zero-order chi connectivity index (χ0) is 12.1. The normalized spacial score (nSPS) is 18.5. The molecule has 0 unspecified atom stereocenters. The first-order chi connectivity index (χ1) is 8.25. The molecule has 0 atom stereocenters. The summed E-state index contributed by atoms with van der Waals surface area (Å²) in [4.78, 5) is 7.08. The second-order valence-electron chi connectivity index (χ2n) is 5.30. The van der Waals surface area contributed by atoms with Crippen LogP contribution in [0.1, 0.15) is 57.1 Å². The van der Waals surface area contributed by atoms with Gasteiger partial charge in [-0.15, -0.1) is 0 Å². The first-order valence-electron chi connectivity index (χ1n) is 6.89. The van der Waals surface area contributed by atoms with Crippen LogP contribution in [0.5, 0.6) is 0 Å². The SMILES string of the molecule is CC(C)c1n[nH]c(CCN2CCCCCC2)n1. The number of aromatic amines is 1. The van der Waals surface area contributed by atoms with Gasteiger partial charge in [-0.2, -0.15) is 5.10 Å². The Labute approximate surface area is 104 Å². The molecule has 17 heavy (non-hydrogen) atoms. The van der Waals surface area contributed by atoms with Crippen molar-refractivity contribution in [1.82, 2.24) is 20.1 Å². The minimum absolute atomic E-state index is 0.415. The Bertz CT molecular complexity index is 324. The van der Waals surface area contributed by atoms with E-state index < -0.39 is 0 Å². The van der Waals surface area contributed by atoms with Crippen molar-refractivity contribution in [2.45, 2.75) is 51.9 Å². The van der Waals surface area contributed by atoms with Gasteiger partial charge in [0.25, 0.3) is 0 Å². The van der Waals surface area contributed by atoms with Crippen molar-refractivity contribution in [3.05, 3.63) is 11.6 Å². The van der Waals surface area contributed by atoms with Crippen molar-refractivity contribution in [3.63, 3.8) is 0 Å². The van der Waals surface area contributed by atoms with E-state index >= 15 is 0 Å². The number of hydrogen-bond donors (Lipinski definition) is 1. The molecule has 0 bridgehead atoms. The first-order valence-corrected chi connectivity index (χ1v) is 6.89. The molecule has 0 aromatic carbocycles. The van der Waals surface area contributed by atoms with E-state index in [0.717, 1.165) is 24.6 Å². The van der Waals surface area contributed by atoms with Crippen LogP contribution in [0.15, 0.2) is 0 Å². The van der Waals surface area contributed by atoms with Crippen LogP contribution >= 0.6 is 0 Å². The minimum atomic E-state index is 0.415. The minimum Gasteiger partial charge on any atom is -0.303 e. The summed E-state index contributed by atoms with van der Waals surface area (Å²) in [5.74, 6) is 2.40. The second kappa shape index (κ2) is 6.15. The van der Waals surface area contributed by atoms with E-state index in [2.05, 4.69) is 33.9 Å². The van der Waals surface area contributed by atoms with Gasteiger partial charge in [0.15, 0.2) is 5.82 Å². The molecule has 0 aliphatic carbocycles. The molecule has 4 heteroatoms. The van der Waals surface area contributed by atoms with E-state index in [4.69, 9.17) is 0 Å². The lowest BCUT2D eigenvalue weighted by atomic mass is 10.2. The second-order valence-corrected chi connectivity index (χ2v) is 5.30. The largest absolute Gasteiger partial charge is 0.303 e. The molecular weight excluding hydrogens is 212 g/mol. The predicted molar refractivity (Wildman–Crippen MR) is 69.1 cm³/mol. The van der Waals surface area contributed by atoms with Gasteiger partial charge in [-0.3, -0.25) is 5.10 Å². The number of hydrogen-bond acceptors (Lipinski definition) is 3. The van der Waals surface area contributed by atoms with Crippen LogP contribution in [0.3, 0.4) is 0 Å². The lowest BCUT2D eigenvalue weighted by Gasteiger charge is -2.18. The Kier molecular flexibility index (Phi) is 4.54. The highest BCUT2D eigenvalue weighted by atomic mass is 15.2. The number of likely N-dealkylation sites (tertiary alicyclic amines) is 1. The van der Waals surface area contributed by atoms with Gasteiger partial charge in [-0.25, -0.2) is 4.98 Å². The standard InChI is InChI=1S/C13H24N4/c1-11(2)13-14-12(15-16-13)7-10-17-8-5-3-4-6-9-17/h11H,3-10H2,1-2H3,(H,14,15,16). The topological polar surface area (TPSA) is 44.8 Å². The fourth-order valence-corrected chi connectivity index (χ4v) is 2.30. The van der Waals surface area contributed by atoms with E-state index in [1.54, 1.807) is 0 Å². The third-order valence-corrected chi connectivity index (χ3v) is 3.43. The maximum atomic E-state index is 4.52. The molecule has 96 valence electrons. The van der Waals surface area contributed by atoms with E-state index in [-0.39, 0.29) is 0 Å². The molecule has 0 radical (unpaired) electrons. The van der Waals surface area contributed by atoms with Crippen molar-refractivity contribution in [3.8, 4) is 0 Å². The van der Waals surface area contributed by atoms with Gasteiger partial charge in [-0.1, -0.05) is 26.7 Å². The molecule has 1 fully saturated rings. The predicted octanol–water partition coefficient (Wildman–Crippen LogP) is 2.35. The van der Waals surface area contributed by atoms with E-state index in [9.17, 15) is 0 Å². The highest BCUT2D eigenvalue weighted by Gasteiger charge is 2.11. The van der Waals surface area contributed by atoms with Crippen molar-refractivity contribution in [1.29, 1.82) is 0 Å². The van der Waals surface area contributed by atoms with E-state index in [1.807, 2.05) is 0 Å². The van der Waals surface area contributed by atoms with Gasteiger partial charge in [-0.05, 0) is 25.9 Å². The highest BCUT2D eigenvalue weighted by Crippen LogP contribution is 2.11.